The zero-order chi connectivity index (χ0) is 12.5. The van der Waals surface area contributed by atoms with Gasteiger partial charge >= 0.3 is 0 Å². The molecular weight excluding hydrogens is 278 g/mol. The van der Waals surface area contributed by atoms with E-state index in [-0.39, 0.29) is 0 Å². The summed E-state index contributed by atoms with van der Waals surface area (Å²) < 4.78 is 25.9. The van der Waals surface area contributed by atoms with Crippen LogP contribution < -0.4 is 4.31 Å². The second-order valence-corrected chi connectivity index (χ2v) is 6.91. The van der Waals surface area contributed by atoms with Gasteiger partial charge in [0.15, 0.2) is 0 Å². The summed E-state index contributed by atoms with van der Waals surface area (Å²) in [6.45, 7) is 0. The zero-order valence-corrected chi connectivity index (χ0v) is 11.4. The fraction of sp³-hybridized carbons (Fsp3) is 0.0909. The number of thiophene rings is 1. The van der Waals surface area contributed by atoms with Crippen molar-refractivity contribution in [2.45, 2.75) is 4.21 Å². The molecule has 0 saturated heterocycles. The van der Waals surface area contributed by atoms with Crippen LogP contribution in [0, 0.1) is 0 Å². The Labute approximate surface area is 109 Å². The van der Waals surface area contributed by atoms with Crippen molar-refractivity contribution >= 4 is 38.6 Å². The summed E-state index contributed by atoms with van der Waals surface area (Å²) in [7, 11) is -2.01. The molecule has 2 rings (SSSR count). The Kier molecular flexibility index (Phi) is 3.42. The van der Waals surface area contributed by atoms with Gasteiger partial charge in [0.2, 0.25) is 0 Å². The molecular formula is C11H10ClNO2S2. The van der Waals surface area contributed by atoms with Crippen LogP contribution in [0.2, 0.25) is 5.02 Å². The maximum Gasteiger partial charge on any atom is 0.273 e. The van der Waals surface area contributed by atoms with E-state index >= 15 is 0 Å². The van der Waals surface area contributed by atoms with Crippen LogP contribution in [0.4, 0.5) is 5.69 Å². The van der Waals surface area contributed by atoms with E-state index in [9.17, 15) is 8.42 Å². The third-order valence-electron chi connectivity index (χ3n) is 2.30. The third kappa shape index (κ3) is 2.31. The number of nitrogens with zero attached hydrogens (tertiary/aromatic N) is 1. The van der Waals surface area contributed by atoms with Crippen LogP contribution in [0.15, 0.2) is 46.0 Å². The summed E-state index contributed by atoms with van der Waals surface area (Å²) >= 11 is 7.17. The Bertz CT molecular complexity index is 608. The molecule has 0 bridgehead atoms. The molecule has 1 aromatic heterocycles. The van der Waals surface area contributed by atoms with Crippen molar-refractivity contribution in [2.24, 2.45) is 0 Å². The van der Waals surface area contributed by atoms with Gasteiger partial charge in [0, 0.05) is 7.05 Å². The Morgan fingerprint density at radius 1 is 1.18 bits per heavy atom. The van der Waals surface area contributed by atoms with Gasteiger partial charge in [-0.2, -0.15) is 0 Å². The highest BCUT2D eigenvalue weighted by atomic mass is 35.5. The van der Waals surface area contributed by atoms with E-state index in [0.717, 1.165) is 0 Å². The number of sulfonamides is 1. The number of hydrogen-bond acceptors (Lipinski definition) is 3. The van der Waals surface area contributed by atoms with Crippen molar-refractivity contribution in [2.75, 3.05) is 11.4 Å². The number of halogens is 1. The Morgan fingerprint density at radius 3 is 2.47 bits per heavy atom. The zero-order valence-electron chi connectivity index (χ0n) is 9.00. The molecule has 3 nitrogen and oxygen atoms in total. The molecule has 0 atom stereocenters. The van der Waals surface area contributed by atoms with E-state index in [1.165, 1.54) is 22.7 Å². The molecule has 17 heavy (non-hydrogen) atoms. The van der Waals surface area contributed by atoms with E-state index in [4.69, 9.17) is 11.6 Å². The normalized spacial score (nSPS) is 11.4. The molecule has 2 aromatic rings. The van der Waals surface area contributed by atoms with Gasteiger partial charge in [-0.15, -0.1) is 11.3 Å². The van der Waals surface area contributed by atoms with Crippen LogP contribution in [-0.4, -0.2) is 15.5 Å². The second-order valence-electron chi connectivity index (χ2n) is 3.36. The van der Waals surface area contributed by atoms with E-state index in [1.807, 2.05) is 0 Å². The van der Waals surface area contributed by atoms with Gasteiger partial charge in [-0.1, -0.05) is 29.8 Å². The number of hydrogen-bond donors (Lipinski definition) is 0. The molecule has 0 N–H and O–H groups in total. The van der Waals surface area contributed by atoms with Gasteiger partial charge in [-0.05, 0) is 23.6 Å². The minimum absolute atomic E-state index is 0.305. The van der Waals surface area contributed by atoms with Crippen LogP contribution >= 0.6 is 22.9 Å². The van der Waals surface area contributed by atoms with Crippen molar-refractivity contribution in [1.29, 1.82) is 0 Å². The Hall–Kier alpha value is -1.04. The van der Waals surface area contributed by atoms with Crippen LogP contribution in [0.25, 0.3) is 0 Å². The number of para-hydroxylation sites is 1. The van der Waals surface area contributed by atoms with E-state index in [2.05, 4.69) is 0 Å². The monoisotopic (exact) mass is 287 g/mol. The third-order valence-corrected chi connectivity index (χ3v) is 5.77. The molecule has 0 saturated carbocycles. The predicted molar refractivity (Wildman–Crippen MR) is 71.4 cm³/mol. The number of anilines is 1. The smallest absolute Gasteiger partial charge is 0.267 e. The van der Waals surface area contributed by atoms with Gasteiger partial charge < -0.3 is 0 Å². The Balaban J connectivity index is 2.46. The first kappa shape index (κ1) is 12.4. The summed E-state index contributed by atoms with van der Waals surface area (Å²) in [5.41, 5.74) is 0.475. The molecule has 0 unspecified atom stereocenters. The predicted octanol–water partition coefficient (Wildman–Crippen LogP) is 3.23. The molecule has 6 heteroatoms. The summed E-state index contributed by atoms with van der Waals surface area (Å²) in [5.74, 6) is 0. The fourth-order valence-electron chi connectivity index (χ4n) is 1.38. The van der Waals surface area contributed by atoms with E-state index in [0.29, 0.717) is 14.9 Å². The lowest BCUT2D eigenvalue weighted by Crippen LogP contribution is -2.25. The van der Waals surface area contributed by atoms with Gasteiger partial charge in [-0.25, -0.2) is 8.42 Å². The lowest BCUT2D eigenvalue weighted by Gasteiger charge is -2.19. The first-order valence-corrected chi connectivity index (χ1v) is 7.50. The highest BCUT2D eigenvalue weighted by molar-refractivity contribution is 7.94. The molecule has 0 aliphatic rings. The van der Waals surface area contributed by atoms with Gasteiger partial charge in [-0.3, -0.25) is 4.31 Å². The number of rotatable bonds is 3. The van der Waals surface area contributed by atoms with Crippen LogP contribution in [0.1, 0.15) is 0 Å². The largest absolute Gasteiger partial charge is 0.273 e. The van der Waals surface area contributed by atoms with Crippen molar-refractivity contribution in [3.63, 3.8) is 0 Å². The molecule has 90 valence electrons. The molecule has 1 heterocycles. The highest BCUT2D eigenvalue weighted by Crippen LogP contribution is 2.30. The maximum atomic E-state index is 12.2. The lowest BCUT2D eigenvalue weighted by atomic mass is 10.3. The summed E-state index contributed by atoms with van der Waals surface area (Å²) in [6, 6.07) is 10.1. The summed E-state index contributed by atoms with van der Waals surface area (Å²) in [6.07, 6.45) is 0. The van der Waals surface area contributed by atoms with E-state index in [1.54, 1.807) is 41.8 Å². The molecule has 0 aliphatic heterocycles. The molecule has 0 spiro atoms. The second kappa shape index (κ2) is 4.68. The standard InChI is InChI=1S/C11H10ClNO2S2/c1-13(10-6-3-2-5-9(10)12)17(14,15)11-7-4-8-16-11/h2-8H,1H3. The van der Waals surface area contributed by atoms with Crippen molar-refractivity contribution in [3.8, 4) is 0 Å². The van der Waals surface area contributed by atoms with Crippen LogP contribution in [0.3, 0.4) is 0 Å². The average molecular weight is 288 g/mol. The SMILES string of the molecule is CN(c1ccccc1Cl)S(=O)(=O)c1cccs1. The lowest BCUT2D eigenvalue weighted by molar-refractivity contribution is 0.596. The quantitative estimate of drug-likeness (QED) is 0.869. The number of benzene rings is 1. The highest BCUT2D eigenvalue weighted by Gasteiger charge is 2.23. The van der Waals surface area contributed by atoms with Crippen molar-refractivity contribution < 1.29 is 8.42 Å². The topological polar surface area (TPSA) is 37.4 Å². The first-order valence-electron chi connectivity index (χ1n) is 4.80. The van der Waals surface area contributed by atoms with Gasteiger partial charge in [0.25, 0.3) is 10.0 Å². The molecule has 1 aromatic carbocycles. The average Bonchev–Trinajstić information content (AvgIpc) is 2.83. The fourth-order valence-corrected chi connectivity index (χ4v) is 4.07. The Morgan fingerprint density at radius 2 is 1.88 bits per heavy atom. The summed E-state index contributed by atoms with van der Waals surface area (Å²) in [4.78, 5) is 0. The van der Waals surface area contributed by atoms with Gasteiger partial charge in [0.1, 0.15) is 4.21 Å². The molecule has 0 amide bonds. The molecule has 0 fully saturated rings. The minimum atomic E-state index is -3.50. The van der Waals surface area contributed by atoms with Crippen LogP contribution in [-0.2, 0) is 10.0 Å². The maximum absolute atomic E-state index is 12.2. The van der Waals surface area contributed by atoms with Crippen LogP contribution in [0.5, 0.6) is 0 Å². The molecule has 0 radical (unpaired) electrons. The summed E-state index contributed by atoms with van der Waals surface area (Å²) in [5, 5.41) is 2.14. The van der Waals surface area contributed by atoms with Crippen molar-refractivity contribution in [3.05, 3.63) is 46.8 Å². The first-order chi connectivity index (χ1) is 8.03. The van der Waals surface area contributed by atoms with E-state index < -0.39 is 10.0 Å². The van der Waals surface area contributed by atoms with Gasteiger partial charge in [0.05, 0.1) is 10.7 Å². The van der Waals surface area contributed by atoms with Crippen molar-refractivity contribution in [1.82, 2.24) is 0 Å². The minimum Gasteiger partial charge on any atom is -0.267 e. The molecule has 0 aliphatic carbocycles.